The Kier molecular flexibility index (Phi) is 3.49. The van der Waals surface area contributed by atoms with Gasteiger partial charge < -0.3 is 4.74 Å². The van der Waals surface area contributed by atoms with Gasteiger partial charge in [0.1, 0.15) is 5.76 Å². The van der Waals surface area contributed by atoms with Gasteiger partial charge in [0.05, 0.1) is 6.20 Å². The number of allylic oxidation sites excluding steroid dienone is 1. The summed E-state index contributed by atoms with van der Waals surface area (Å²) in [4.78, 5) is 14.7. The number of ether oxygens (including phenoxy) is 1. The predicted octanol–water partition coefficient (Wildman–Crippen LogP) is 1.56. The summed E-state index contributed by atoms with van der Waals surface area (Å²) in [6.07, 6.45) is 3.61. The molecule has 1 amide bonds. The second kappa shape index (κ2) is 4.64. The third-order valence-electron chi connectivity index (χ3n) is 1.57. The van der Waals surface area contributed by atoms with Crippen molar-refractivity contribution in [1.82, 2.24) is 5.32 Å². The van der Waals surface area contributed by atoms with Gasteiger partial charge in [-0.3, -0.25) is 4.79 Å². The van der Waals surface area contributed by atoms with Crippen LogP contribution >= 0.6 is 0 Å². The third-order valence-corrected chi connectivity index (χ3v) is 1.57. The molecular weight excluding hydrogens is 168 g/mol. The van der Waals surface area contributed by atoms with Gasteiger partial charge >= 0.3 is 6.02 Å². The molecule has 1 heterocycles. The molecule has 0 unspecified atom stereocenters. The first-order valence-electron chi connectivity index (χ1n) is 4.45. The monoisotopic (exact) mass is 181 g/mol. The molecule has 0 saturated carbocycles. The predicted molar refractivity (Wildman–Crippen MR) is 48.9 cm³/mol. The number of aliphatic imine (C=N–C) groups is 1. The molecule has 1 rings (SSSR count). The second-order valence-electron chi connectivity index (χ2n) is 2.72. The fraction of sp³-hybridized carbons (Fsp3) is 0.556. The Morgan fingerprint density at radius 3 is 2.92 bits per heavy atom. The van der Waals surface area contributed by atoms with Gasteiger partial charge in [0.15, 0.2) is 0 Å². The lowest BCUT2D eigenvalue weighted by Crippen LogP contribution is -2.09. The van der Waals surface area contributed by atoms with Crippen LogP contribution in [0.1, 0.15) is 33.1 Å². The van der Waals surface area contributed by atoms with Gasteiger partial charge in [-0.1, -0.05) is 13.8 Å². The number of amidine groups is 1. The highest BCUT2D eigenvalue weighted by Gasteiger charge is 2.13. The minimum absolute atomic E-state index is 0.174. The van der Waals surface area contributed by atoms with Crippen LogP contribution in [-0.2, 0) is 9.53 Å². The molecule has 1 aliphatic rings. The summed E-state index contributed by atoms with van der Waals surface area (Å²) in [6, 6.07) is 0.176. The van der Waals surface area contributed by atoms with E-state index in [1.54, 1.807) is 6.20 Å². The summed E-state index contributed by atoms with van der Waals surface area (Å²) in [7, 11) is 0. The van der Waals surface area contributed by atoms with E-state index < -0.39 is 0 Å². The van der Waals surface area contributed by atoms with Crippen molar-refractivity contribution in [2.75, 3.05) is 0 Å². The molecule has 0 aliphatic carbocycles. The van der Waals surface area contributed by atoms with E-state index in [0.717, 1.165) is 18.6 Å². The van der Waals surface area contributed by atoms with Gasteiger partial charge in [-0.25, -0.2) is 0 Å². The van der Waals surface area contributed by atoms with Crippen LogP contribution < -0.4 is 5.32 Å². The van der Waals surface area contributed by atoms with Crippen molar-refractivity contribution < 1.29 is 9.53 Å². The number of hydrogen-bond acceptors (Lipinski definition) is 2. The Labute approximate surface area is 77.7 Å². The molecule has 4 heteroatoms. The zero-order valence-electron chi connectivity index (χ0n) is 7.91. The van der Waals surface area contributed by atoms with Gasteiger partial charge in [0, 0.05) is 12.8 Å². The van der Waals surface area contributed by atoms with E-state index in [2.05, 4.69) is 10.3 Å². The number of rotatable bonds is 3. The fourth-order valence-electron chi connectivity index (χ4n) is 0.889. The van der Waals surface area contributed by atoms with Crippen molar-refractivity contribution >= 4 is 11.9 Å². The zero-order valence-corrected chi connectivity index (χ0v) is 7.91. The molecule has 1 aliphatic heterocycles. The maximum Gasteiger partial charge on any atom is 0.324 e. The molecule has 4 nitrogen and oxygen atoms in total. The number of carbonyl (C=O) groups is 1. The molecule has 0 spiro atoms. The lowest BCUT2D eigenvalue weighted by atomic mass is 10.3. The van der Waals surface area contributed by atoms with Crippen LogP contribution in [0, 0.1) is 0 Å². The van der Waals surface area contributed by atoms with Crippen LogP contribution in [0.5, 0.6) is 0 Å². The normalized spacial score (nSPS) is 18.0. The van der Waals surface area contributed by atoms with Crippen LogP contribution in [0.4, 0.5) is 0 Å². The van der Waals surface area contributed by atoms with Gasteiger partial charge in [-0.05, 0) is 6.42 Å². The second-order valence-corrected chi connectivity index (χ2v) is 2.72. The first kappa shape index (κ1) is 9.77. The average Bonchev–Trinajstić information content (AvgIpc) is 2.52. The molecule has 0 fully saturated rings. The zero-order chi connectivity index (χ0) is 9.68. The van der Waals surface area contributed by atoms with E-state index in [-0.39, 0.29) is 11.9 Å². The van der Waals surface area contributed by atoms with Crippen LogP contribution in [-0.4, -0.2) is 11.9 Å². The Morgan fingerprint density at radius 2 is 2.38 bits per heavy atom. The van der Waals surface area contributed by atoms with Crippen LogP contribution in [0.25, 0.3) is 0 Å². The Balaban J connectivity index is 2.44. The maximum atomic E-state index is 11.0. The van der Waals surface area contributed by atoms with Gasteiger partial charge in [-0.2, -0.15) is 10.3 Å². The number of hydrogen-bond donors (Lipinski definition) is 0. The Hall–Kier alpha value is -1.32. The van der Waals surface area contributed by atoms with Gasteiger partial charge in [0.2, 0.25) is 5.91 Å². The summed E-state index contributed by atoms with van der Waals surface area (Å²) >= 11 is 0. The highest BCUT2D eigenvalue weighted by atomic mass is 16.5. The SMILES string of the molecule is CCCC(=O)N=C1[N]C=C(CC)O1. The summed E-state index contributed by atoms with van der Waals surface area (Å²) in [5, 5.41) is 3.86. The molecule has 1 radical (unpaired) electrons. The fourth-order valence-corrected chi connectivity index (χ4v) is 0.889. The summed E-state index contributed by atoms with van der Waals surface area (Å²) in [5.74, 6) is 0.579. The van der Waals surface area contributed by atoms with Gasteiger partial charge in [-0.15, -0.1) is 0 Å². The molecule has 0 saturated heterocycles. The van der Waals surface area contributed by atoms with Crippen molar-refractivity contribution in [3.05, 3.63) is 12.0 Å². The molecular formula is C9H13N2O2. The van der Waals surface area contributed by atoms with Crippen molar-refractivity contribution in [3.63, 3.8) is 0 Å². The van der Waals surface area contributed by atoms with Gasteiger partial charge in [0.25, 0.3) is 0 Å². The van der Waals surface area contributed by atoms with Crippen LogP contribution in [0.15, 0.2) is 17.0 Å². The summed E-state index contributed by atoms with van der Waals surface area (Å²) in [6.45, 7) is 3.89. The number of nitrogens with zero attached hydrogens (tertiary/aromatic N) is 2. The number of amides is 1. The first-order chi connectivity index (χ1) is 6.26. The molecule has 0 aromatic rings. The number of carbonyl (C=O) groups excluding carboxylic acids is 1. The van der Waals surface area contributed by atoms with E-state index in [1.807, 2.05) is 13.8 Å². The topological polar surface area (TPSA) is 52.8 Å². The standard InChI is InChI=1S/C9H13N2O2/c1-3-5-8(12)11-9-10-6-7(4-2)13-9/h6H,3-5H2,1-2H3. The average molecular weight is 181 g/mol. The van der Waals surface area contributed by atoms with Crippen molar-refractivity contribution in [3.8, 4) is 0 Å². The van der Waals surface area contributed by atoms with Crippen LogP contribution in [0.3, 0.4) is 0 Å². The van der Waals surface area contributed by atoms with E-state index in [0.29, 0.717) is 6.42 Å². The van der Waals surface area contributed by atoms with E-state index in [9.17, 15) is 4.79 Å². The van der Waals surface area contributed by atoms with E-state index >= 15 is 0 Å². The van der Waals surface area contributed by atoms with E-state index in [1.165, 1.54) is 0 Å². The highest BCUT2D eigenvalue weighted by molar-refractivity contribution is 5.91. The first-order valence-corrected chi connectivity index (χ1v) is 4.45. The summed E-state index contributed by atoms with van der Waals surface area (Å²) in [5.41, 5.74) is 0. The Morgan fingerprint density at radius 1 is 1.62 bits per heavy atom. The quantitative estimate of drug-likeness (QED) is 0.663. The molecule has 71 valence electrons. The van der Waals surface area contributed by atoms with Crippen molar-refractivity contribution in [1.29, 1.82) is 0 Å². The Bertz CT molecular complexity index is 256. The van der Waals surface area contributed by atoms with Crippen LogP contribution in [0.2, 0.25) is 0 Å². The lowest BCUT2D eigenvalue weighted by Gasteiger charge is -1.97. The lowest BCUT2D eigenvalue weighted by molar-refractivity contribution is -0.117. The largest absolute Gasteiger partial charge is 0.427 e. The minimum atomic E-state index is -0.174. The molecule has 0 aromatic heterocycles. The van der Waals surface area contributed by atoms with Crippen molar-refractivity contribution in [2.24, 2.45) is 4.99 Å². The molecule has 0 bridgehead atoms. The molecule has 13 heavy (non-hydrogen) atoms. The maximum absolute atomic E-state index is 11.0. The minimum Gasteiger partial charge on any atom is -0.427 e. The summed E-state index contributed by atoms with van der Waals surface area (Å²) < 4.78 is 5.15. The van der Waals surface area contributed by atoms with E-state index in [4.69, 9.17) is 4.74 Å². The highest BCUT2D eigenvalue weighted by Crippen LogP contribution is 2.09. The molecule has 0 N–H and O–H groups in total. The smallest absolute Gasteiger partial charge is 0.324 e. The third kappa shape index (κ3) is 2.89. The molecule has 0 atom stereocenters. The molecule has 0 aromatic carbocycles. The van der Waals surface area contributed by atoms with Crippen molar-refractivity contribution in [2.45, 2.75) is 33.1 Å².